The molecule has 0 N–H and O–H groups in total. The summed E-state index contributed by atoms with van der Waals surface area (Å²) in [5, 5.41) is 0. The van der Waals surface area contributed by atoms with Gasteiger partial charge in [0.2, 0.25) is 35.4 Å². The Morgan fingerprint density at radius 3 is 0.667 bits per heavy atom. The summed E-state index contributed by atoms with van der Waals surface area (Å²) in [5.74, 6) is -19.7. The van der Waals surface area contributed by atoms with Gasteiger partial charge < -0.3 is 14.2 Å². The molecule has 1 aromatic rings. The minimum absolute atomic E-state index is 0.0756. The lowest BCUT2D eigenvalue weighted by Crippen LogP contribution is -2.35. The maximum atomic E-state index is 13.7. The first-order chi connectivity index (χ1) is 27.2. The van der Waals surface area contributed by atoms with Gasteiger partial charge in [-0.15, -0.1) is 0 Å². The van der Waals surface area contributed by atoms with Crippen molar-refractivity contribution >= 4 is 71.3 Å². The van der Waals surface area contributed by atoms with Crippen LogP contribution in [0.5, 0.6) is 0 Å². The first-order valence-electron chi connectivity index (χ1n) is 18.7. The molecule has 6 amide bonds. The van der Waals surface area contributed by atoms with Crippen LogP contribution < -0.4 is 0 Å². The Kier molecular flexibility index (Phi) is 7.53. The molecule has 0 aromatic carbocycles. The van der Waals surface area contributed by atoms with Crippen LogP contribution in [0.3, 0.4) is 0 Å². The fourth-order valence-corrected chi connectivity index (χ4v) is 10.7. The monoisotopic (exact) mass is 786 g/mol. The van der Waals surface area contributed by atoms with E-state index in [0.29, 0.717) is 0 Å². The van der Waals surface area contributed by atoms with E-state index in [4.69, 9.17) is 14.2 Å². The van der Waals surface area contributed by atoms with Gasteiger partial charge in [0.1, 0.15) is 0 Å². The quantitative estimate of drug-likeness (QED) is 0.125. The predicted molar refractivity (Wildman–Crippen MR) is 169 cm³/mol. The summed E-state index contributed by atoms with van der Waals surface area (Å²) in [6, 6.07) is 0. The van der Waals surface area contributed by atoms with E-state index in [0.717, 1.165) is 14.7 Å². The molecule has 21 heteroatoms. The van der Waals surface area contributed by atoms with Crippen molar-refractivity contribution in [2.24, 2.45) is 71.0 Å². The minimum Gasteiger partial charge on any atom is -0.393 e. The van der Waals surface area contributed by atoms with E-state index in [2.05, 4.69) is 15.0 Å². The van der Waals surface area contributed by atoms with E-state index in [1.54, 1.807) is 0 Å². The molecule has 57 heavy (non-hydrogen) atoms. The molecule has 3 saturated carbocycles. The normalized spacial score (nSPS) is 38.0. The zero-order valence-corrected chi connectivity index (χ0v) is 29.6. The number of nitrogens with zero attached hydrogens (tertiary/aromatic N) is 6. The largest absolute Gasteiger partial charge is 0.393 e. The van der Waals surface area contributed by atoms with Gasteiger partial charge in [0.05, 0.1) is 90.6 Å². The molecule has 0 spiro atoms. The topological polar surface area (TPSA) is 281 Å². The Bertz CT molecular complexity index is 1870. The summed E-state index contributed by atoms with van der Waals surface area (Å²) in [6.07, 6.45) is -0.454. The van der Waals surface area contributed by atoms with Gasteiger partial charge >= 0.3 is 35.8 Å². The van der Waals surface area contributed by atoms with Crippen LogP contribution in [-0.4, -0.2) is 101 Å². The van der Waals surface area contributed by atoms with Crippen molar-refractivity contribution in [3.63, 3.8) is 0 Å². The standard InChI is InChI=1S/C36H30N6O15/c43-25-10-1-16-17(32(50)55-31(16)49)2-11(10)26(44)40(25)7-22-37-23(8-41-27(45)12-3-18-19(4-13(12)28(41)46)34(52)56-33(18)51)39-24(38-22)9-42-29(47)14-5-20-21(6-15(14)30(42)48)36(54)57-35(20)53/h10-21H,1-9H2. The van der Waals surface area contributed by atoms with Crippen LogP contribution in [-0.2, 0) is 91.4 Å². The van der Waals surface area contributed by atoms with E-state index in [1.165, 1.54) is 0 Å². The van der Waals surface area contributed by atoms with E-state index < -0.39 is 162 Å². The van der Waals surface area contributed by atoms with Gasteiger partial charge in [-0.1, -0.05) is 0 Å². The number of cyclic esters (lactones) is 6. The van der Waals surface area contributed by atoms with Crippen molar-refractivity contribution in [2.45, 2.75) is 58.2 Å². The maximum Gasteiger partial charge on any atom is 0.317 e. The molecule has 9 fully saturated rings. The van der Waals surface area contributed by atoms with Crippen molar-refractivity contribution < 1.29 is 71.7 Å². The lowest BCUT2D eigenvalue weighted by Gasteiger charge is -2.27. The van der Waals surface area contributed by atoms with Gasteiger partial charge in [-0.2, -0.15) is 0 Å². The molecule has 0 radical (unpaired) electrons. The van der Waals surface area contributed by atoms with E-state index in [9.17, 15) is 57.5 Å². The van der Waals surface area contributed by atoms with Gasteiger partial charge in [0, 0.05) is 0 Å². The number of esters is 6. The number of aromatic nitrogens is 3. The van der Waals surface area contributed by atoms with Crippen molar-refractivity contribution in [2.75, 3.05) is 0 Å². The number of hydrogen-bond donors (Lipinski definition) is 0. The lowest BCUT2D eigenvalue weighted by atomic mass is 9.70. The molecule has 1 aromatic heterocycles. The van der Waals surface area contributed by atoms with Crippen molar-refractivity contribution in [3.05, 3.63) is 17.5 Å². The summed E-state index contributed by atoms with van der Waals surface area (Å²) in [7, 11) is 0. The smallest absolute Gasteiger partial charge is 0.317 e. The third kappa shape index (κ3) is 5.08. The second-order valence-electron chi connectivity index (χ2n) is 16.3. The fourth-order valence-electron chi connectivity index (χ4n) is 10.7. The summed E-state index contributed by atoms with van der Waals surface area (Å²) in [6.45, 7) is -1.62. The molecule has 0 bridgehead atoms. The van der Waals surface area contributed by atoms with E-state index in [1.807, 2.05) is 0 Å². The average Bonchev–Trinajstić information content (AvgIpc) is 3.93. The Labute approximate surface area is 319 Å². The highest BCUT2D eigenvalue weighted by Crippen LogP contribution is 2.50. The molecular formula is C36H30N6O15. The Balaban J connectivity index is 0.941. The van der Waals surface area contributed by atoms with Crippen LogP contribution in [0.2, 0.25) is 0 Å². The summed E-state index contributed by atoms with van der Waals surface area (Å²) >= 11 is 0. The third-order valence-electron chi connectivity index (χ3n) is 13.6. The number of rotatable bonds is 6. The maximum absolute atomic E-state index is 13.7. The molecule has 12 atom stereocenters. The number of hydrogen-bond acceptors (Lipinski definition) is 18. The van der Waals surface area contributed by atoms with Gasteiger partial charge in [-0.3, -0.25) is 72.2 Å². The van der Waals surface area contributed by atoms with Gasteiger partial charge in [0.25, 0.3) is 0 Å². The Hall–Kier alpha value is -6.15. The second-order valence-corrected chi connectivity index (χ2v) is 16.3. The number of carbonyl (C=O) groups excluding carboxylic acids is 12. The molecular weight excluding hydrogens is 756 g/mol. The molecule has 6 saturated heterocycles. The summed E-state index contributed by atoms with van der Waals surface area (Å²) in [5.41, 5.74) is 0. The number of amides is 6. The molecule has 7 heterocycles. The zero-order chi connectivity index (χ0) is 39.9. The van der Waals surface area contributed by atoms with Crippen molar-refractivity contribution in [3.8, 4) is 0 Å². The number of fused-ring (bicyclic) bond motifs is 6. The number of likely N-dealkylation sites (tertiary alicyclic amines) is 3. The highest BCUT2D eigenvalue weighted by molar-refractivity contribution is 6.09. The highest BCUT2D eigenvalue weighted by atomic mass is 16.6. The SMILES string of the molecule is O=C1OC(=O)C2CC3C(=O)N(Cc4nc(CN5C(=O)C6CC7C(=O)OC(=O)C7CC6C5=O)nc(CN5C(=O)C6CC7C(=O)OC(=O)C7CC6C5=O)n4)C(=O)C3CC12. The molecule has 294 valence electrons. The van der Waals surface area contributed by atoms with Crippen LogP contribution in [0.1, 0.15) is 56.0 Å². The van der Waals surface area contributed by atoms with Gasteiger partial charge in [-0.05, 0) is 38.5 Å². The van der Waals surface area contributed by atoms with Crippen molar-refractivity contribution in [1.82, 2.24) is 29.7 Å². The molecule has 10 rings (SSSR count). The van der Waals surface area contributed by atoms with E-state index in [-0.39, 0.29) is 56.0 Å². The first-order valence-corrected chi connectivity index (χ1v) is 18.7. The van der Waals surface area contributed by atoms with Crippen LogP contribution in [0, 0.1) is 71.0 Å². The first kappa shape index (κ1) is 35.3. The van der Waals surface area contributed by atoms with Crippen molar-refractivity contribution in [1.29, 1.82) is 0 Å². The highest BCUT2D eigenvalue weighted by Gasteiger charge is 2.61. The van der Waals surface area contributed by atoms with Crippen LogP contribution in [0.4, 0.5) is 0 Å². The zero-order valence-electron chi connectivity index (χ0n) is 29.6. The Morgan fingerprint density at radius 1 is 0.316 bits per heavy atom. The molecule has 6 aliphatic heterocycles. The predicted octanol–water partition coefficient (Wildman–Crippen LogP) is -2.50. The fraction of sp³-hybridized carbons (Fsp3) is 0.583. The summed E-state index contributed by atoms with van der Waals surface area (Å²) < 4.78 is 14.2. The van der Waals surface area contributed by atoms with Gasteiger partial charge in [0.15, 0.2) is 17.5 Å². The molecule has 21 nitrogen and oxygen atoms in total. The Morgan fingerprint density at radius 2 is 0.491 bits per heavy atom. The number of carbonyl (C=O) groups is 12. The third-order valence-corrected chi connectivity index (χ3v) is 13.6. The number of imide groups is 3. The average molecular weight is 787 g/mol. The van der Waals surface area contributed by atoms with Gasteiger partial charge in [-0.25, -0.2) is 15.0 Å². The number of ether oxygens (including phenoxy) is 3. The van der Waals surface area contributed by atoms with E-state index >= 15 is 0 Å². The van der Waals surface area contributed by atoms with Crippen LogP contribution in [0.15, 0.2) is 0 Å². The second kappa shape index (κ2) is 12.2. The van der Waals surface area contributed by atoms with Crippen LogP contribution in [0.25, 0.3) is 0 Å². The summed E-state index contributed by atoms with van der Waals surface area (Å²) in [4.78, 5) is 172. The molecule has 3 aliphatic carbocycles. The molecule has 9 aliphatic rings. The van der Waals surface area contributed by atoms with Crippen LogP contribution >= 0.6 is 0 Å². The molecule has 12 unspecified atom stereocenters. The minimum atomic E-state index is -0.920. The lowest BCUT2D eigenvalue weighted by molar-refractivity contribution is -0.155.